The van der Waals surface area contributed by atoms with Crippen LogP contribution in [0.2, 0.25) is 0 Å². The second-order valence-corrected chi connectivity index (χ2v) is 30.0. The highest BCUT2D eigenvalue weighted by atomic mass is 32.1. The quantitative estimate of drug-likeness (QED) is 0.139. The maximum atomic E-state index is 2.43. The molecule has 0 N–H and O–H groups in total. The molecule has 5 heterocycles. The number of hydrogen-bond acceptors (Lipinski definition) is 3. The monoisotopic (exact) mass is 1380 g/mol. The summed E-state index contributed by atoms with van der Waals surface area (Å²) >= 11 is 3.77. The second kappa shape index (κ2) is 24.1. The average Bonchev–Trinajstić information content (AvgIpc) is 1.58. The van der Waals surface area contributed by atoms with Crippen molar-refractivity contribution in [1.29, 1.82) is 0 Å². The molecule has 0 radical (unpaired) electrons. The zero-order valence-corrected chi connectivity index (χ0v) is 59.0. The van der Waals surface area contributed by atoms with E-state index in [1.165, 1.54) is 188 Å². The Morgan fingerprint density at radius 3 is 0.943 bits per heavy atom. The summed E-state index contributed by atoms with van der Waals surface area (Å²) in [4.78, 5) is 2.30. The Balaban J connectivity index is 0.000000132. The number of rotatable bonds is 8. The van der Waals surface area contributed by atoms with Crippen LogP contribution in [-0.2, 0) is 0 Å². The molecule has 0 bridgehead atoms. The lowest BCUT2D eigenvalue weighted by Crippen LogP contribution is -2.09. The van der Waals surface area contributed by atoms with Gasteiger partial charge in [-0.1, -0.05) is 231 Å². The third-order valence-electron chi connectivity index (χ3n) is 22.0. The molecule has 0 saturated carbocycles. The predicted molar refractivity (Wildman–Crippen MR) is 457 cm³/mol. The number of hydrogen-bond donors (Lipinski definition) is 0. The van der Waals surface area contributed by atoms with Gasteiger partial charge in [0.05, 0.1) is 33.1 Å². The minimum atomic E-state index is 1.13. The van der Waals surface area contributed by atoms with Crippen LogP contribution in [0, 0.1) is 0 Å². The molecule has 0 fully saturated rings. The molecule has 0 spiro atoms. The van der Waals surface area contributed by atoms with Crippen LogP contribution >= 0.6 is 22.7 Å². The summed E-state index contributed by atoms with van der Waals surface area (Å²) in [6, 6.07) is 138. The molecular formula is C100H62N4S2. The normalized spacial score (nSPS) is 12.0. The SMILES string of the molecule is c1ccc(N(c2ccccc2)c2ccc(-c3ccc4c(c3)c3ccccc3n4-c3ccc4c(ccc5ccc6sc7ccccc7c6c54)c3)cc2)cc1.c1ccc2c(c1)sc1ccc3ccc4cc(-n5c6ccccc6c6cc(-c7ccc(-n8c9ccccc9c9ccccc98)cc7)ccc65)ccc4c3c12. The Bertz CT molecular complexity index is 7410. The first kappa shape index (κ1) is 60.2. The van der Waals surface area contributed by atoms with E-state index < -0.39 is 0 Å². The van der Waals surface area contributed by atoms with Gasteiger partial charge in [0.1, 0.15) is 0 Å². The number of anilines is 3. The molecular weight excluding hydrogens is 1320 g/mol. The van der Waals surface area contributed by atoms with Gasteiger partial charge in [-0.05, 0) is 211 Å². The molecule has 0 aliphatic heterocycles. The molecule has 0 aliphatic rings. The molecule has 6 heteroatoms. The van der Waals surface area contributed by atoms with E-state index in [1.807, 2.05) is 22.7 Å². The third-order valence-corrected chi connectivity index (χ3v) is 24.3. The first-order valence-electron chi connectivity index (χ1n) is 36.3. The maximum Gasteiger partial charge on any atom is 0.0541 e. The summed E-state index contributed by atoms with van der Waals surface area (Å²) in [5.41, 5.74) is 19.0. The first-order chi connectivity index (χ1) is 52.6. The topological polar surface area (TPSA) is 18.0 Å². The van der Waals surface area contributed by atoms with Crippen LogP contribution in [0.5, 0.6) is 0 Å². The van der Waals surface area contributed by atoms with Gasteiger partial charge in [-0.15, -0.1) is 22.7 Å². The van der Waals surface area contributed by atoms with Crippen molar-refractivity contribution >= 4 is 189 Å². The predicted octanol–water partition coefficient (Wildman–Crippen LogP) is 28.8. The van der Waals surface area contributed by atoms with E-state index in [0.717, 1.165) is 17.1 Å². The molecule has 0 amide bonds. The average molecular weight is 1380 g/mol. The summed E-state index contributed by atoms with van der Waals surface area (Å²) in [7, 11) is 0. The fraction of sp³-hybridized carbons (Fsp3) is 0. The van der Waals surface area contributed by atoms with Crippen LogP contribution in [0.1, 0.15) is 0 Å². The van der Waals surface area contributed by atoms with Crippen LogP contribution in [0.3, 0.4) is 0 Å². The number of nitrogens with zero attached hydrogens (tertiary/aromatic N) is 4. The molecule has 23 rings (SSSR count). The summed E-state index contributed by atoms with van der Waals surface area (Å²) in [5.74, 6) is 0. The van der Waals surface area contributed by atoms with Crippen molar-refractivity contribution in [3.63, 3.8) is 0 Å². The Hall–Kier alpha value is -13.4. The molecule has 5 aromatic heterocycles. The van der Waals surface area contributed by atoms with Gasteiger partial charge in [-0.2, -0.15) is 0 Å². The Morgan fingerprint density at radius 2 is 0.500 bits per heavy atom. The molecule has 0 saturated heterocycles. The number of benzene rings is 18. The van der Waals surface area contributed by atoms with E-state index in [1.54, 1.807) is 0 Å². The van der Waals surface area contributed by atoms with Crippen molar-refractivity contribution < 1.29 is 0 Å². The van der Waals surface area contributed by atoms with Crippen LogP contribution in [0.4, 0.5) is 17.1 Å². The van der Waals surface area contributed by atoms with Crippen LogP contribution in [-0.4, -0.2) is 13.7 Å². The lowest BCUT2D eigenvalue weighted by Gasteiger charge is -2.25. The van der Waals surface area contributed by atoms with Gasteiger partial charge in [0, 0.05) is 107 Å². The Labute approximate surface area is 618 Å². The van der Waals surface area contributed by atoms with Crippen molar-refractivity contribution in [1.82, 2.24) is 13.7 Å². The van der Waals surface area contributed by atoms with Gasteiger partial charge in [0.15, 0.2) is 0 Å². The van der Waals surface area contributed by atoms with Gasteiger partial charge < -0.3 is 18.6 Å². The minimum absolute atomic E-state index is 1.13. The van der Waals surface area contributed by atoms with Gasteiger partial charge >= 0.3 is 0 Å². The van der Waals surface area contributed by atoms with Gasteiger partial charge in [-0.3, -0.25) is 0 Å². The second-order valence-electron chi connectivity index (χ2n) is 27.9. The third kappa shape index (κ3) is 9.52. The van der Waals surface area contributed by atoms with Crippen molar-refractivity contribution in [2.75, 3.05) is 4.90 Å². The number of aromatic nitrogens is 3. The van der Waals surface area contributed by atoms with Crippen LogP contribution < -0.4 is 4.90 Å². The zero-order valence-electron chi connectivity index (χ0n) is 57.4. The van der Waals surface area contributed by atoms with Gasteiger partial charge in [-0.25, -0.2) is 0 Å². The number of thiophene rings is 2. The molecule has 0 atom stereocenters. The summed E-state index contributed by atoms with van der Waals surface area (Å²) in [6.45, 7) is 0. The molecule has 106 heavy (non-hydrogen) atoms. The molecule has 0 aliphatic carbocycles. The van der Waals surface area contributed by atoms with E-state index in [-0.39, 0.29) is 0 Å². The van der Waals surface area contributed by atoms with E-state index in [0.29, 0.717) is 0 Å². The summed E-state index contributed by atoms with van der Waals surface area (Å²) in [6.07, 6.45) is 0. The molecule has 18 aromatic carbocycles. The van der Waals surface area contributed by atoms with Crippen molar-refractivity contribution in [3.05, 3.63) is 376 Å². The summed E-state index contributed by atoms with van der Waals surface area (Å²) in [5, 5.41) is 23.4. The smallest absolute Gasteiger partial charge is 0.0541 e. The molecule has 4 nitrogen and oxygen atoms in total. The van der Waals surface area contributed by atoms with Crippen molar-refractivity contribution in [2.24, 2.45) is 0 Å². The van der Waals surface area contributed by atoms with E-state index in [4.69, 9.17) is 0 Å². The molecule has 0 unspecified atom stereocenters. The largest absolute Gasteiger partial charge is 0.311 e. The fourth-order valence-corrected chi connectivity index (χ4v) is 19.5. The lowest BCUT2D eigenvalue weighted by molar-refractivity contribution is 1.18. The highest BCUT2D eigenvalue weighted by Crippen LogP contribution is 2.46. The van der Waals surface area contributed by atoms with Crippen LogP contribution in [0.15, 0.2) is 376 Å². The van der Waals surface area contributed by atoms with Crippen molar-refractivity contribution in [3.8, 4) is 39.3 Å². The Kier molecular flexibility index (Phi) is 13.7. The van der Waals surface area contributed by atoms with E-state index >= 15 is 0 Å². The fourth-order valence-electron chi connectivity index (χ4n) is 17.3. The van der Waals surface area contributed by atoms with Gasteiger partial charge in [0.25, 0.3) is 0 Å². The first-order valence-corrected chi connectivity index (χ1v) is 37.9. The molecule has 494 valence electrons. The highest BCUT2D eigenvalue weighted by molar-refractivity contribution is 7.26. The van der Waals surface area contributed by atoms with Crippen LogP contribution in [0.25, 0.3) is 188 Å². The zero-order chi connectivity index (χ0) is 69.5. The van der Waals surface area contributed by atoms with E-state index in [2.05, 4.69) is 395 Å². The maximum absolute atomic E-state index is 2.43. The molecule has 23 aromatic rings. The number of para-hydroxylation sites is 6. The standard InChI is InChI=1S/C50H30N2S.C50H32N2S/c1-5-13-43-38(9-1)39-10-2-6-14-44(39)51(43)35-23-19-31(20-24-35)33-21-27-46-42(30-33)40-11-3-7-15-45(40)52(46)36-25-26-37-34(29-36)18-17-32-22-28-48-50(49(32)37)41-12-4-8-16-47(41)53-48;1-3-11-37(12-4-1)51(38-13-5-2-6-14-38)39-25-21-33(22-26-39)35-23-29-46-44(32-35)42-15-7-9-17-45(42)52(46)40-27-28-41-36(31-40)20-19-34-24-30-48-50(49(34)41)43-16-8-10-18-47(43)53-48/h1-30H;1-32H. The lowest BCUT2D eigenvalue weighted by atomic mass is 9.97. The highest BCUT2D eigenvalue weighted by Gasteiger charge is 2.21. The van der Waals surface area contributed by atoms with E-state index in [9.17, 15) is 0 Å². The minimum Gasteiger partial charge on any atom is -0.311 e. The summed E-state index contributed by atoms with van der Waals surface area (Å²) < 4.78 is 12.6. The van der Waals surface area contributed by atoms with Crippen molar-refractivity contribution in [2.45, 2.75) is 0 Å². The number of fused-ring (bicyclic) bond motifs is 23. The Morgan fingerprint density at radius 1 is 0.179 bits per heavy atom. The van der Waals surface area contributed by atoms with Gasteiger partial charge in [0.2, 0.25) is 0 Å².